The van der Waals surface area contributed by atoms with Gasteiger partial charge in [0.2, 0.25) is 0 Å². The van der Waals surface area contributed by atoms with Crippen molar-refractivity contribution in [2.75, 3.05) is 6.61 Å². The molecular formula is C12H13ClF2O3. The van der Waals surface area contributed by atoms with E-state index in [0.29, 0.717) is 16.1 Å². The van der Waals surface area contributed by atoms with Gasteiger partial charge in [0.1, 0.15) is 5.75 Å². The molecule has 0 saturated heterocycles. The number of carbonyl (C=O) groups is 1. The normalized spacial score (nSPS) is 11.2. The van der Waals surface area contributed by atoms with E-state index in [-0.39, 0.29) is 12.4 Å². The molecule has 6 heteroatoms. The van der Waals surface area contributed by atoms with Gasteiger partial charge >= 0.3 is 12.1 Å². The van der Waals surface area contributed by atoms with Crippen LogP contribution in [0.1, 0.15) is 18.1 Å². The van der Waals surface area contributed by atoms with Crippen LogP contribution >= 0.6 is 11.6 Å². The molecule has 0 unspecified atom stereocenters. The Kier molecular flexibility index (Phi) is 4.51. The summed E-state index contributed by atoms with van der Waals surface area (Å²) in [5.74, 6) is -1.84. The van der Waals surface area contributed by atoms with Gasteiger partial charge in [-0.15, -0.1) is 0 Å². The number of benzene rings is 1. The smallest absolute Gasteiger partial charge is 0.459 e. The van der Waals surface area contributed by atoms with E-state index >= 15 is 0 Å². The minimum Gasteiger partial charge on any atom is -0.459 e. The third-order valence-corrected chi connectivity index (χ3v) is 2.77. The third-order valence-electron chi connectivity index (χ3n) is 2.17. The molecule has 0 aromatic heterocycles. The lowest BCUT2D eigenvalue weighted by Crippen LogP contribution is -2.36. The monoisotopic (exact) mass is 278 g/mol. The first-order valence-corrected chi connectivity index (χ1v) is 5.66. The van der Waals surface area contributed by atoms with Crippen LogP contribution in [0.2, 0.25) is 5.02 Å². The first kappa shape index (κ1) is 14.7. The fourth-order valence-electron chi connectivity index (χ4n) is 1.37. The first-order valence-electron chi connectivity index (χ1n) is 5.28. The average molecular weight is 279 g/mol. The lowest BCUT2D eigenvalue weighted by molar-refractivity contribution is -0.216. The van der Waals surface area contributed by atoms with Gasteiger partial charge in [-0.2, -0.15) is 8.78 Å². The Morgan fingerprint density at radius 1 is 1.33 bits per heavy atom. The van der Waals surface area contributed by atoms with Crippen LogP contribution in [0, 0.1) is 13.8 Å². The predicted molar refractivity (Wildman–Crippen MR) is 63.1 cm³/mol. The minimum absolute atomic E-state index is 0.132. The molecule has 0 atom stereocenters. The van der Waals surface area contributed by atoms with E-state index < -0.39 is 12.1 Å². The van der Waals surface area contributed by atoms with Crippen molar-refractivity contribution in [2.45, 2.75) is 26.9 Å². The highest BCUT2D eigenvalue weighted by atomic mass is 35.5. The van der Waals surface area contributed by atoms with Gasteiger partial charge in [0.25, 0.3) is 0 Å². The van der Waals surface area contributed by atoms with Crippen molar-refractivity contribution in [3.05, 3.63) is 28.3 Å². The summed E-state index contributed by atoms with van der Waals surface area (Å²) in [6, 6.07) is 2.67. The van der Waals surface area contributed by atoms with Gasteiger partial charge in [0, 0.05) is 5.02 Å². The zero-order valence-corrected chi connectivity index (χ0v) is 11.0. The second-order valence-corrected chi connectivity index (χ2v) is 4.09. The van der Waals surface area contributed by atoms with Gasteiger partial charge in [-0.05, 0) is 44.0 Å². The van der Waals surface area contributed by atoms with E-state index in [0.717, 1.165) is 0 Å². The zero-order valence-electron chi connectivity index (χ0n) is 10.2. The first-order chi connectivity index (χ1) is 8.27. The summed E-state index contributed by atoms with van der Waals surface area (Å²) in [6.45, 7) is 4.61. The molecule has 0 saturated carbocycles. The molecular weight excluding hydrogens is 266 g/mol. The molecule has 100 valence electrons. The SMILES string of the molecule is CCOC(=O)C(F)(F)Oc1cc(C)c(Cl)c(C)c1. The van der Waals surface area contributed by atoms with Crippen molar-refractivity contribution < 1.29 is 23.0 Å². The van der Waals surface area contributed by atoms with Gasteiger partial charge in [-0.3, -0.25) is 0 Å². The number of hydrogen-bond acceptors (Lipinski definition) is 3. The van der Waals surface area contributed by atoms with E-state index in [2.05, 4.69) is 9.47 Å². The average Bonchev–Trinajstić information content (AvgIpc) is 2.25. The van der Waals surface area contributed by atoms with Crippen LogP contribution in [0.3, 0.4) is 0 Å². The van der Waals surface area contributed by atoms with Crippen molar-refractivity contribution in [3.63, 3.8) is 0 Å². The summed E-state index contributed by atoms with van der Waals surface area (Å²) in [5, 5.41) is 0.474. The Labute approximate surface area is 109 Å². The lowest BCUT2D eigenvalue weighted by Gasteiger charge is -2.17. The van der Waals surface area contributed by atoms with E-state index in [1.165, 1.54) is 19.1 Å². The van der Waals surface area contributed by atoms with Crippen molar-refractivity contribution in [3.8, 4) is 5.75 Å². The summed E-state index contributed by atoms with van der Waals surface area (Å²) in [7, 11) is 0. The molecule has 0 amide bonds. The Hall–Kier alpha value is -1.36. The fraction of sp³-hybridized carbons (Fsp3) is 0.417. The van der Waals surface area contributed by atoms with Crippen LogP contribution < -0.4 is 4.74 Å². The van der Waals surface area contributed by atoms with Crippen LogP contribution in [-0.4, -0.2) is 18.7 Å². The maximum atomic E-state index is 13.3. The number of esters is 1. The standard InChI is InChI=1S/C12H13ClF2O3/c1-4-17-11(16)12(14,15)18-9-5-7(2)10(13)8(3)6-9/h5-6H,4H2,1-3H3. The van der Waals surface area contributed by atoms with E-state index in [4.69, 9.17) is 11.6 Å². The second-order valence-electron chi connectivity index (χ2n) is 3.71. The molecule has 1 rings (SSSR count). The summed E-state index contributed by atoms with van der Waals surface area (Å²) in [4.78, 5) is 11.0. The molecule has 0 radical (unpaired) electrons. The van der Waals surface area contributed by atoms with Crippen LogP contribution in [0.15, 0.2) is 12.1 Å². The summed E-state index contributed by atoms with van der Waals surface area (Å²) >= 11 is 5.90. The molecule has 18 heavy (non-hydrogen) atoms. The molecule has 0 bridgehead atoms. The quantitative estimate of drug-likeness (QED) is 0.791. The Balaban J connectivity index is 2.94. The van der Waals surface area contributed by atoms with Crippen LogP contribution in [-0.2, 0) is 9.53 Å². The van der Waals surface area contributed by atoms with E-state index in [9.17, 15) is 13.6 Å². The van der Waals surface area contributed by atoms with Gasteiger partial charge in [0.15, 0.2) is 0 Å². The highest BCUT2D eigenvalue weighted by Crippen LogP contribution is 2.29. The zero-order chi connectivity index (χ0) is 13.9. The molecule has 0 aliphatic rings. The van der Waals surface area contributed by atoms with Gasteiger partial charge in [-0.25, -0.2) is 4.79 Å². The van der Waals surface area contributed by atoms with E-state index in [1.54, 1.807) is 13.8 Å². The molecule has 3 nitrogen and oxygen atoms in total. The summed E-state index contributed by atoms with van der Waals surface area (Å²) in [6.07, 6.45) is -4.01. The molecule has 0 aliphatic carbocycles. The Bertz CT molecular complexity index is 438. The lowest BCUT2D eigenvalue weighted by atomic mass is 10.1. The van der Waals surface area contributed by atoms with Crippen molar-refractivity contribution in [1.29, 1.82) is 0 Å². The van der Waals surface area contributed by atoms with Gasteiger partial charge in [0.05, 0.1) is 6.61 Å². The summed E-state index contributed by atoms with van der Waals surface area (Å²) in [5.41, 5.74) is 1.18. The number of aryl methyl sites for hydroxylation is 2. The molecule has 1 aromatic carbocycles. The van der Waals surface area contributed by atoms with Crippen molar-refractivity contribution in [2.24, 2.45) is 0 Å². The number of hydrogen-bond donors (Lipinski definition) is 0. The number of ether oxygens (including phenoxy) is 2. The Morgan fingerprint density at radius 2 is 1.83 bits per heavy atom. The maximum Gasteiger partial charge on any atom is 0.502 e. The predicted octanol–water partition coefficient (Wildman–Crippen LogP) is 3.49. The number of halogens is 3. The van der Waals surface area contributed by atoms with Crippen molar-refractivity contribution in [1.82, 2.24) is 0 Å². The molecule has 1 aromatic rings. The number of rotatable bonds is 4. The molecule has 0 spiro atoms. The Morgan fingerprint density at radius 3 is 2.28 bits per heavy atom. The van der Waals surface area contributed by atoms with Gasteiger partial charge < -0.3 is 9.47 Å². The summed E-state index contributed by atoms with van der Waals surface area (Å²) < 4.78 is 35.2. The molecule has 0 aliphatic heterocycles. The highest BCUT2D eigenvalue weighted by Gasteiger charge is 2.44. The topological polar surface area (TPSA) is 35.5 Å². The van der Waals surface area contributed by atoms with Gasteiger partial charge in [-0.1, -0.05) is 11.6 Å². The highest BCUT2D eigenvalue weighted by molar-refractivity contribution is 6.32. The van der Waals surface area contributed by atoms with Crippen LogP contribution in [0.25, 0.3) is 0 Å². The molecule has 0 fully saturated rings. The third kappa shape index (κ3) is 3.32. The number of carbonyl (C=O) groups excluding carboxylic acids is 1. The minimum atomic E-state index is -4.01. The fourth-order valence-corrected chi connectivity index (χ4v) is 1.48. The molecule has 0 heterocycles. The van der Waals surface area contributed by atoms with Crippen LogP contribution in [0.5, 0.6) is 5.75 Å². The second kappa shape index (κ2) is 5.52. The van der Waals surface area contributed by atoms with E-state index in [1.807, 2.05) is 0 Å². The molecule has 0 N–H and O–H groups in total. The maximum absolute atomic E-state index is 13.3. The largest absolute Gasteiger partial charge is 0.502 e. The van der Waals surface area contributed by atoms with Crippen LogP contribution in [0.4, 0.5) is 8.78 Å². The van der Waals surface area contributed by atoms with Crippen molar-refractivity contribution >= 4 is 17.6 Å². The number of alkyl halides is 2.